The quantitative estimate of drug-likeness (QED) is 0.464. The first kappa shape index (κ1) is 14.5. The van der Waals surface area contributed by atoms with Crippen LogP contribution in [-0.4, -0.2) is 49.3 Å². The minimum Gasteiger partial charge on any atom is -0.394 e. The molecule has 0 aliphatic carbocycles. The third kappa shape index (κ3) is 2.17. The third-order valence-electron chi connectivity index (χ3n) is 3.27. The Morgan fingerprint density at radius 2 is 2.35 bits per heavy atom. The first-order valence-electron chi connectivity index (χ1n) is 5.89. The van der Waals surface area contributed by atoms with Crippen molar-refractivity contribution in [2.75, 3.05) is 12.3 Å². The summed E-state index contributed by atoms with van der Waals surface area (Å²) in [7, 11) is 0. The predicted octanol–water partition coefficient (Wildman–Crippen LogP) is -2.17. The first-order chi connectivity index (χ1) is 9.43. The summed E-state index contributed by atoms with van der Waals surface area (Å²) < 4.78 is 6.31. The van der Waals surface area contributed by atoms with Crippen LogP contribution in [0.15, 0.2) is 17.1 Å². The number of terminal acetylenes is 1. The molecule has 4 atom stereocenters. The van der Waals surface area contributed by atoms with Crippen LogP contribution in [0.4, 0.5) is 5.82 Å². The van der Waals surface area contributed by atoms with Crippen molar-refractivity contribution >= 4 is 5.82 Å². The van der Waals surface area contributed by atoms with Gasteiger partial charge in [0.1, 0.15) is 23.6 Å². The molecule has 8 nitrogen and oxygen atoms in total. The molecule has 2 heterocycles. The van der Waals surface area contributed by atoms with Crippen LogP contribution < -0.4 is 11.4 Å². The molecule has 5 N–H and O–H groups in total. The lowest BCUT2D eigenvalue weighted by Crippen LogP contribution is -2.48. The van der Waals surface area contributed by atoms with Crippen LogP contribution in [0.25, 0.3) is 0 Å². The molecule has 0 spiro atoms. The van der Waals surface area contributed by atoms with E-state index in [1.165, 1.54) is 12.3 Å². The maximum atomic E-state index is 11.8. The van der Waals surface area contributed by atoms with E-state index in [1.807, 2.05) is 0 Å². The van der Waals surface area contributed by atoms with E-state index in [9.17, 15) is 15.0 Å². The van der Waals surface area contributed by atoms with Gasteiger partial charge in [0.05, 0.1) is 6.61 Å². The Balaban J connectivity index is 2.48. The Bertz CT molecular complexity index is 595. The molecule has 1 aromatic heterocycles. The molecule has 1 aliphatic rings. The zero-order valence-corrected chi connectivity index (χ0v) is 10.5. The average molecular weight is 281 g/mol. The molecule has 8 heteroatoms. The molecule has 2 rings (SSSR count). The molecule has 1 aromatic rings. The van der Waals surface area contributed by atoms with E-state index in [1.54, 1.807) is 0 Å². The van der Waals surface area contributed by atoms with Crippen LogP contribution in [0.5, 0.6) is 0 Å². The van der Waals surface area contributed by atoms with Gasteiger partial charge in [0.2, 0.25) is 0 Å². The summed E-state index contributed by atoms with van der Waals surface area (Å²) in [6, 6.07) is 1.35. The maximum absolute atomic E-state index is 11.8. The molecule has 0 radical (unpaired) electrons. The average Bonchev–Trinajstić information content (AvgIpc) is 2.63. The largest absolute Gasteiger partial charge is 0.394 e. The summed E-state index contributed by atoms with van der Waals surface area (Å²) in [5.41, 5.74) is 2.73. The topological polar surface area (TPSA) is 131 Å². The van der Waals surface area contributed by atoms with Crippen molar-refractivity contribution in [1.29, 1.82) is 0 Å². The number of nitrogen functional groups attached to an aromatic ring is 1. The summed E-state index contributed by atoms with van der Waals surface area (Å²) in [4.78, 5) is 15.3. The normalized spacial score (nSPS) is 33.0. The number of hydrogen-bond acceptors (Lipinski definition) is 7. The lowest BCUT2D eigenvalue weighted by Gasteiger charge is -2.29. The van der Waals surface area contributed by atoms with Gasteiger partial charge in [-0.1, -0.05) is 0 Å². The molecule has 0 aromatic carbocycles. The highest BCUT2D eigenvalue weighted by molar-refractivity contribution is 5.24. The predicted molar refractivity (Wildman–Crippen MR) is 68.3 cm³/mol. The fourth-order valence-corrected chi connectivity index (χ4v) is 2.23. The van der Waals surface area contributed by atoms with Crippen molar-refractivity contribution in [3.63, 3.8) is 0 Å². The Morgan fingerprint density at radius 1 is 1.65 bits per heavy atom. The van der Waals surface area contributed by atoms with E-state index in [0.717, 1.165) is 4.57 Å². The van der Waals surface area contributed by atoms with Crippen molar-refractivity contribution in [1.82, 2.24) is 9.55 Å². The molecule has 0 saturated carbocycles. The highest BCUT2D eigenvalue weighted by atomic mass is 16.6. The summed E-state index contributed by atoms with van der Waals surface area (Å²) in [5.74, 6) is 2.24. The van der Waals surface area contributed by atoms with Gasteiger partial charge in [-0.15, -0.1) is 12.3 Å². The number of hydrogen-bond donors (Lipinski definition) is 4. The van der Waals surface area contributed by atoms with Gasteiger partial charge in [0.15, 0.2) is 6.23 Å². The monoisotopic (exact) mass is 281 g/mol. The lowest BCUT2D eigenvalue weighted by atomic mass is 9.91. The number of rotatable bonds is 3. The Labute approximate surface area is 114 Å². The molecule has 0 unspecified atom stereocenters. The molecular formula is C12H15N3O5. The van der Waals surface area contributed by atoms with E-state index < -0.39 is 36.3 Å². The summed E-state index contributed by atoms with van der Waals surface area (Å²) >= 11 is 0. The minimum absolute atomic E-state index is 0.0176. The number of anilines is 1. The van der Waals surface area contributed by atoms with Gasteiger partial charge in [0, 0.05) is 12.6 Å². The molecule has 108 valence electrons. The van der Waals surface area contributed by atoms with Crippen molar-refractivity contribution < 1.29 is 20.1 Å². The highest BCUT2D eigenvalue weighted by Gasteiger charge is 2.55. The third-order valence-corrected chi connectivity index (χ3v) is 3.27. The number of aliphatic hydroxyl groups excluding tert-OH is 2. The lowest BCUT2D eigenvalue weighted by molar-refractivity contribution is -0.107. The number of nitrogens with zero attached hydrogens (tertiary/aromatic N) is 2. The van der Waals surface area contributed by atoms with Crippen molar-refractivity contribution in [3.8, 4) is 12.3 Å². The zero-order valence-electron chi connectivity index (χ0n) is 10.5. The van der Waals surface area contributed by atoms with Gasteiger partial charge in [-0.25, -0.2) is 4.79 Å². The zero-order chi connectivity index (χ0) is 14.9. The smallest absolute Gasteiger partial charge is 0.351 e. The van der Waals surface area contributed by atoms with Crippen LogP contribution in [0, 0.1) is 12.3 Å². The van der Waals surface area contributed by atoms with Gasteiger partial charge in [-0.2, -0.15) is 4.98 Å². The molecule has 0 bridgehead atoms. The molecule has 1 aliphatic heterocycles. The second-order valence-electron chi connectivity index (χ2n) is 4.57. The van der Waals surface area contributed by atoms with E-state index in [0.29, 0.717) is 0 Å². The second kappa shape index (κ2) is 5.22. The molecule has 0 amide bonds. The van der Waals surface area contributed by atoms with Crippen molar-refractivity contribution in [2.24, 2.45) is 0 Å². The summed E-state index contributed by atoms with van der Waals surface area (Å²) in [6.45, 7) is -0.526. The fourth-order valence-electron chi connectivity index (χ4n) is 2.23. The van der Waals surface area contributed by atoms with Crippen LogP contribution in [0.3, 0.4) is 0 Å². The minimum atomic E-state index is -1.90. The van der Waals surface area contributed by atoms with Crippen LogP contribution in [-0.2, 0) is 4.74 Å². The van der Waals surface area contributed by atoms with Crippen molar-refractivity contribution in [2.45, 2.75) is 30.5 Å². The number of nitrogens with two attached hydrogens (primary N) is 1. The highest BCUT2D eigenvalue weighted by Crippen LogP contribution is 2.39. The van der Waals surface area contributed by atoms with E-state index in [2.05, 4.69) is 10.9 Å². The van der Waals surface area contributed by atoms with Gasteiger partial charge >= 0.3 is 5.69 Å². The Morgan fingerprint density at radius 3 is 2.90 bits per heavy atom. The van der Waals surface area contributed by atoms with E-state index in [4.69, 9.17) is 22.0 Å². The standard InChI is InChI=1S/C12H15N3O5/c1-2-4-12(19)9(17)7(6-16)20-10(12)15-5-3-8(13)14-11(15)18/h1,3,5,7,9-10,16-17,19H,4,6H2,(H2,13,14,18)/t7-,9-,10-,12-/m1/s1. The van der Waals surface area contributed by atoms with Gasteiger partial charge in [-0.05, 0) is 6.07 Å². The van der Waals surface area contributed by atoms with Gasteiger partial charge in [-0.3, -0.25) is 4.57 Å². The van der Waals surface area contributed by atoms with Gasteiger partial charge < -0.3 is 25.8 Å². The van der Waals surface area contributed by atoms with E-state index >= 15 is 0 Å². The molecule has 1 fully saturated rings. The Hall–Kier alpha value is -1.92. The second-order valence-corrected chi connectivity index (χ2v) is 4.57. The Kier molecular flexibility index (Phi) is 3.78. The van der Waals surface area contributed by atoms with Gasteiger partial charge in [0.25, 0.3) is 0 Å². The number of ether oxygens (including phenoxy) is 1. The summed E-state index contributed by atoms with van der Waals surface area (Å²) in [6.07, 6.45) is 2.46. The number of aromatic nitrogens is 2. The van der Waals surface area contributed by atoms with Crippen LogP contribution in [0.2, 0.25) is 0 Å². The fraction of sp³-hybridized carbons (Fsp3) is 0.500. The van der Waals surface area contributed by atoms with E-state index in [-0.39, 0.29) is 12.2 Å². The van der Waals surface area contributed by atoms with Crippen LogP contribution in [0.1, 0.15) is 12.6 Å². The molecular weight excluding hydrogens is 266 g/mol. The molecule has 1 saturated heterocycles. The maximum Gasteiger partial charge on any atom is 0.351 e. The SMILES string of the molecule is C#CC[C@@]1(O)[C@H](O)[C@@H](CO)O[C@H]1n1ccc(N)nc1=O. The first-order valence-corrected chi connectivity index (χ1v) is 5.89. The van der Waals surface area contributed by atoms with Crippen LogP contribution >= 0.6 is 0 Å². The summed E-state index contributed by atoms with van der Waals surface area (Å²) in [5, 5.41) is 29.7. The molecule has 20 heavy (non-hydrogen) atoms. The van der Waals surface area contributed by atoms with Crippen molar-refractivity contribution in [3.05, 3.63) is 22.7 Å². The number of aliphatic hydroxyl groups is 3.